The Balaban J connectivity index is 1.37. The average Bonchev–Trinajstić information content (AvgIpc) is 3.26. The quantitative estimate of drug-likeness (QED) is 0.845. The van der Waals surface area contributed by atoms with Gasteiger partial charge in [-0.2, -0.15) is 0 Å². The summed E-state index contributed by atoms with van der Waals surface area (Å²) in [6.07, 6.45) is 4.62. The number of fused-ring (bicyclic) bond motifs is 1. The summed E-state index contributed by atoms with van der Waals surface area (Å²) in [4.78, 5) is 27.7. The molecule has 1 N–H and O–H groups in total. The van der Waals surface area contributed by atoms with Crippen molar-refractivity contribution >= 4 is 22.8 Å². The summed E-state index contributed by atoms with van der Waals surface area (Å²) in [7, 11) is 0. The first kappa shape index (κ1) is 18.0. The Hall–Kier alpha value is -2.34. The van der Waals surface area contributed by atoms with E-state index in [1.54, 1.807) is 0 Å². The molecule has 1 aromatic heterocycles. The molecular formula is C21H26N2O4. The Bertz CT molecular complexity index is 789. The van der Waals surface area contributed by atoms with E-state index in [0.29, 0.717) is 18.1 Å². The van der Waals surface area contributed by atoms with Gasteiger partial charge in [-0.25, -0.2) is 0 Å². The van der Waals surface area contributed by atoms with Gasteiger partial charge in [0.05, 0.1) is 0 Å². The zero-order chi connectivity index (χ0) is 18.8. The Labute approximate surface area is 158 Å². The number of carboxylic acid groups (broad SMARTS) is 1. The van der Waals surface area contributed by atoms with Crippen LogP contribution >= 0.6 is 0 Å². The molecule has 0 unspecified atom stereocenters. The molecule has 0 radical (unpaired) electrons. The van der Waals surface area contributed by atoms with Gasteiger partial charge >= 0.3 is 5.97 Å². The second-order valence-corrected chi connectivity index (χ2v) is 7.68. The van der Waals surface area contributed by atoms with Crippen LogP contribution in [0, 0.1) is 5.92 Å². The molecule has 2 aromatic rings. The number of likely N-dealkylation sites (tertiary alicyclic amines) is 2. The van der Waals surface area contributed by atoms with Crippen molar-refractivity contribution in [3.8, 4) is 0 Å². The van der Waals surface area contributed by atoms with Crippen LogP contribution in [-0.2, 0) is 9.59 Å². The minimum atomic E-state index is -0.866. The van der Waals surface area contributed by atoms with Crippen molar-refractivity contribution in [3.05, 3.63) is 36.1 Å². The Morgan fingerprint density at radius 3 is 2.67 bits per heavy atom. The summed E-state index contributed by atoms with van der Waals surface area (Å²) >= 11 is 0. The molecule has 2 aliphatic heterocycles. The van der Waals surface area contributed by atoms with Crippen molar-refractivity contribution < 1.29 is 19.1 Å². The highest BCUT2D eigenvalue weighted by Crippen LogP contribution is 2.32. The Morgan fingerprint density at radius 1 is 1.22 bits per heavy atom. The highest BCUT2D eigenvalue weighted by molar-refractivity contribution is 5.81. The average molecular weight is 370 g/mol. The molecule has 144 valence electrons. The molecule has 0 bridgehead atoms. The van der Waals surface area contributed by atoms with Crippen LogP contribution in [0.2, 0.25) is 0 Å². The molecule has 0 saturated carbocycles. The second-order valence-electron chi connectivity index (χ2n) is 7.68. The van der Waals surface area contributed by atoms with E-state index < -0.39 is 12.0 Å². The molecule has 1 atom stereocenters. The smallest absolute Gasteiger partial charge is 0.328 e. The fourth-order valence-corrected chi connectivity index (χ4v) is 4.37. The fraction of sp³-hybridized carbons (Fsp3) is 0.524. The molecule has 1 aromatic carbocycles. The number of aliphatic carboxylic acids is 1. The largest absolute Gasteiger partial charge is 0.480 e. The second kappa shape index (κ2) is 7.72. The molecule has 6 heteroatoms. The van der Waals surface area contributed by atoms with Crippen LogP contribution < -0.4 is 0 Å². The first-order valence-corrected chi connectivity index (χ1v) is 9.85. The molecular weight excluding hydrogens is 344 g/mol. The van der Waals surface area contributed by atoms with Crippen molar-refractivity contribution in [2.24, 2.45) is 5.92 Å². The molecule has 2 saturated heterocycles. The van der Waals surface area contributed by atoms with E-state index in [-0.39, 0.29) is 5.91 Å². The predicted molar refractivity (Wildman–Crippen MR) is 101 cm³/mol. The van der Waals surface area contributed by atoms with Crippen LogP contribution in [0.1, 0.15) is 43.9 Å². The zero-order valence-electron chi connectivity index (χ0n) is 15.5. The van der Waals surface area contributed by atoms with Gasteiger partial charge in [-0.05, 0) is 56.8 Å². The van der Waals surface area contributed by atoms with Gasteiger partial charge < -0.3 is 14.4 Å². The number of hydrogen-bond donors (Lipinski definition) is 1. The number of carbonyl (C=O) groups is 2. The van der Waals surface area contributed by atoms with Crippen LogP contribution in [-0.4, -0.2) is 53.0 Å². The predicted octanol–water partition coefficient (Wildman–Crippen LogP) is 3.28. The summed E-state index contributed by atoms with van der Waals surface area (Å²) in [5, 5.41) is 10.7. The number of amides is 1. The molecule has 6 nitrogen and oxygen atoms in total. The minimum Gasteiger partial charge on any atom is -0.480 e. The number of nitrogens with zero attached hydrogens (tertiary/aromatic N) is 2. The number of benzene rings is 1. The van der Waals surface area contributed by atoms with Gasteiger partial charge in [-0.1, -0.05) is 18.2 Å². The number of para-hydroxylation sites is 1. The van der Waals surface area contributed by atoms with Gasteiger partial charge in [0.2, 0.25) is 5.91 Å². The van der Waals surface area contributed by atoms with Crippen molar-refractivity contribution in [3.63, 3.8) is 0 Å². The third-order valence-corrected chi connectivity index (χ3v) is 5.94. The number of carbonyl (C=O) groups excluding carboxylic acids is 1. The topological polar surface area (TPSA) is 74.0 Å². The maximum Gasteiger partial charge on any atom is 0.328 e. The van der Waals surface area contributed by atoms with E-state index in [1.807, 2.05) is 40.1 Å². The lowest BCUT2D eigenvalue weighted by atomic mass is 9.92. The molecule has 1 amide bonds. The molecule has 0 aliphatic carbocycles. The maximum atomic E-state index is 11.9. The molecule has 2 fully saturated rings. The van der Waals surface area contributed by atoms with Gasteiger partial charge in [0.1, 0.15) is 11.3 Å². The Morgan fingerprint density at radius 2 is 2.00 bits per heavy atom. The molecule has 27 heavy (non-hydrogen) atoms. The first-order chi connectivity index (χ1) is 13.1. The molecule has 2 aliphatic rings. The standard InChI is InChI=1S/C21H26N2O4/c24-19-6-3-10-22(19)11-7-15-8-12-23(13-9-15)20(21(25)26)18-14-16-4-1-2-5-17(16)27-18/h1-2,4-5,14-15,20H,3,6-13H2,(H,25,26)/t20-/m0/s1. The maximum absolute atomic E-state index is 11.9. The lowest BCUT2D eigenvalue weighted by Crippen LogP contribution is -2.40. The van der Waals surface area contributed by atoms with E-state index in [1.165, 1.54) is 0 Å². The Kier molecular flexibility index (Phi) is 5.16. The van der Waals surface area contributed by atoms with Crippen LogP contribution in [0.25, 0.3) is 11.0 Å². The lowest BCUT2D eigenvalue weighted by molar-refractivity contribution is -0.145. The van der Waals surface area contributed by atoms with E-state index >= 15 is 0 Å². The summed E-state index contributed by atoms with van der Waals surface area (Å²) in [5.41, 5.74) is 0.726. The molecule has 0 spiro atoms. The third kappa shape index (κ3) is 3.86. The van der Waals surface area contributed by atoms with Crippen LogP contribution in [0.5, 0.6) is 0 Å². The van der Waals surface area contributed by atoms with Crippen LogP contribution in [0.4, 0.5) is 0 Å². The summed E-state index contributed by atoms with van der Waals surface area (Å²) in [5.74, 6) is 0.475. The zero-order valence-corrected chi connectivity index (χ0v) is 15.5. The number of carboxylic acids is 1. The van der Waals surface area contributed by atoms with E-state index in [2.05, 4.69) is 0 Å². The highest BCUT2D eigenvalue weighted by Gasteiger charge is 2.33. The lowest BCUT2D eigenvalue weighted by Gasteiger charge is -2.35. The molecule has 3 heterocycles. The molecule has 4 rings (SSSR count). The SMILES string of the molecule is O=C(O)[C@H](c1cc2ccccc2o1)N1CCC(CCN2CCCC2=O)CC1. The number of furan rings is 1. The monoisotopic (exact) mass is 370 g/mol. The summed E-state index contributed by atoms with van der Waals surface area (Å²) in [6.45, 7) is 3.22. The van der Waals surface area contributed by atoms with Gasteiger partial charge in [-0.3, -0.25) is 14.5 Å². The summed E-state index contributed by atoms with van der Waals surface area (Å²) < 4.78 is 5.83. The van der Waals surface area contributed by atoms with Crippen molar-refractivity contribution in [1.82, 2.24) is 9.80 Å². The normalized spacial score (nSPS) is 20.4. The highest BCUT2D eigenvalue weighted by atomic mass is 16.4. The number of hydrogen-bond acceptors (Lipinski definition) is 4. The van der Waals surface area contributed by atoms with E-state index in [9.17, 15) is 14.7 Å². The van der Waals surface area contributed by atoms with Crippen molar-refractivity contribution in [1.29, 1.82) is 0 Å². The van der Waals surface area contributed by atoms with E-state index in [4.69, 9.17) is 4.42 Å². The minimum absolute atomic E-state index is 0.281. The number of rotatable bonds is 6. The first-order valence-electron chi connectivity index (χ1n) is 9.85. The van der Waals surface area contributed by atoms with Gasteiger partial charge in [0, 0.05) is 24.9 Å². The van der Waals surface area contributed by atoms with Crippen LogP contribution in [0.3, 0.4) is 0 Å². The van der Waals surface area contributed by atoms with Crippen molar-refractivity contribution in [2.45, 2.75) is 38.1 Å². The summed E-state index contributed by atoms with van der Waals surface area (Å²) in [6, 6.07) is 8.73. The van der Waals surface area contributed by atoms with Gasteiger partial charge in [0.25, 0.3) is 0 Å². The fourth-order valence-electron chi connectivity index (χ4n) is 4.37. The van der Waals surface area contributed by atoms with Gasteiger partial charge in [0.15, 0.2) is 6.04 Å². The van der Waals surface area contributed by atoms with Crippen molar-refractivity contribution in [2.75, 3.05) is 26.2 Å². The van der Waals surface area contributed by atoms with Gasteiger partial charge in [-0.15, -0.1) is 0 Å². The van der Waals surface area contributed by atoms with Crippen LogP contribution in [0.15, 0.2) is 34.7 Å². The van der Waals surface area contributed by atoms with E-state index in [0.717, 1.165) is 62.8 Å². The third-order valence-electron chi connectivity index (χ3n) is 5.94. The number of piperidine rings is 1.